The zero-order valence-corrected chi connectivity index (χ0v) is 15.2. The molecule has 2 aromatic carbocycles. The van der Waals surface area contributed by atoms with Gasteiger partial charge in [0, 0.05) is 23.3 Å². The van der Waals surface area contributed by atoms with Gasteiger partial charge in [-0.15, -0.1) is 0 Å². The third-order valence-electron chi connectivity index (χ3n) is 4.37. The molecule has 29 heavy (non-hydrogen) atoms. The highest BCUT2D eigenvalue weighted by atomic mass is 19.1. The number of aromatic nitrogens is 3. The molecule has 144 valence electrons. The third kappa shape index (κ3) is 4.19. The van der Waals surface area contributed by atoms with E-state index in [-0.39, 0.29) is 17.7 Å². The second-order valence-corrected chi connectivity index (χ2v) is 6.55. The van der Waals surface area contributed by atoms with E-state index in [0.717, 1.165) is 22.9 Å². The van der Waals surface area contributed by atoms with Crippen LogP contribution in [0, 0.1) is 11.6 Å². The van der Waals surface area contributed by atoms with E-state index >= 15 is 0 Å². The van der Waals surface area contributed by atoms with E-state index < -0.39 is 11.6 Å². The van der Waals surface area contributed by atoms with Gasteiger partial charge in [-0.05, 0) is 42.0 Å². The number of hydrogen-bond donors (Lipinski definition) is 1. The molecule has 0 aliphatic heterocycles. The molecule has 0 aliphatic rings. The predicted octanol–water partition coefficient (Wildman–Crippen LogP) is 3.88. The second-order valence-electron chi connectivity index (χ2n) is 6.55. The SMILES string of the molecule is Nc1ccc(-c2cccc(Cn3nc(-c4cc(F)cc(F)c4)ccc3=O)c2)nc1. The number of nitrogen functional groups attached to an aromatic ring is 1. The van der Waals surface area contributed by atoms with Crippen LogP contribution in [0.4, 0.5) is 14.5 Å². The Hall–Kier alpha value is -3.87. The molecular formula is C22H16F2N4O. The maximum Gasteiger partial charge on any atom is 0.267 e. The summed E-state index contributed by atoms with van der Waals surface area (Å²) in [5.41, 5.74) is 8.96. The average Bonchev–Trinajstić information content (AvgIpc) is 2.70. The highest BCUT2D eigenvalue weighted by molar-refractivity contribution is 5.61. The Morgan fingerprint density at radius 3 is 2.34 bits per heavy atom. The van der Waals surface area contributed by atoms with Crippen LogP contribution in [0.1, 0.15) is 5.56 Å². The molecule has 7 heteroatoms. The second kappa shape index (κ2) is 7.63. The van der Waals surface area contributed by atoms with Gasteiger partial charge in [0.15, 0.2) is 0 Å². The molecule has 5 nitrogen and oxygen atoms in total. The number of nitrogens with two attached hydrogens (primary N) is 1. The van der Waals surface area contributed by atoms with E-state index in [0.29, 0.717) is 11.4 Å². The summed E-state index contributed by atoms with van der Waals surface area (Å²) < 4.78 is 28.3. The van der Waals surface area contributed by atoms with Crippen molar-refractivity contribution in [3.63, 3.8) is 0 Å². The molecule has 4 rings (SSSR count). The number of hydrogen-bond acceptors (Lipinski definition) is 4. The summed E-state index contributed by atoms with van der Waals surface area (Å²) in [4.78, 5) is 16.6. The fourth-order valence-electron chi connectivity index (χ4n) is 3.00. The van der Waals surface area contributed by atoms with Crippen LogP contribution in [0.3, 0.4) is 0 Å². The highest BCUT2D eigenvalue weighted by Crippen LogP contribution is 2.21. The van der Waals surface area contributed by atoms with E-state index in [1.807, 2.05) is 30.3 Å². The van der Waals surface area contributed by atoms with Crippen LogP contribution >= 0.6 is 0 Å². The summed E-state index contributed by atoms with van der Waals surface area (Å²) in [7, 11) is 0. The summed E-state index contributed by atoms with van der Waals surface area (Å²) in [6.45, 7) is 0.202. The van der Waals surface area contributed by atoms with Crippen LogP contribution in [0.5, 0.6) is 0 Å². The first kappa shape index (κ1) is 18.5. The van der Waals surface area contributed by atoms with Crippen LogP contribution in [-0.2, 0) is 6.54 Å². The van der Waals surface area contributed by atoms with Crippen LogP contribution in [0.2, 0.25) is 0 Å². The van der Waals surface area contributed by atoms with Gasteiger partial charge in [-0.25, -0.2) is 13.5 Å². The van der Waals surface area contributed by atoms with Gasteiger partial charge >= 0.3 is 0 Å². The average molecular weight is 390 g/mol. The Morgan fingerprint density at radius 2 is 1.62 bits per heavy atom. The van der Waals surface area contributed by atoms with Crippen molar-refractivity contribution >= 4 is 5.69 Å². The van der Waals surface area contributed by atoms with Gasteiger partial charge in [-0.2, -0.15) is 5.10 Å². The lowest BCUT2D eigenvalue weighted by molar-refractivity contribution is 0.583. The standard InChI is InChI=1S/C22H16F2N4O/c23-17-9-16(10-18(24)11-17)21-6-7-22(29)28(27-21)13-14-2-1-3-15(8-14)20-5-4-19(25)12-26-20/h1-12H,13,25H2. The number of halogens is 2. The molecule has 0 fully saturated rings. The zero-order valence-electron chi connectivity index (χ0n) is 15.2. The van der Waals surface area contributed by atoms with E-state index in [1.54, 1.807) is 12.3 Å². The largest absolute Gasteiger partial charge is 0.397 e. The molecule has 0 unspecified atom stereocenters. The molecule has 4 aromatic rings. The lowest BCUT2D eigenvalue weighted by Gasteiger charge is -2.09. The van der Waals surface area contributed by atoms with Crippen molar-refractivity contribution in [1.82, 2.24) is 14.8 Å². The summed E-state index contributed by atoms with van der Waals surface area (Å²) in [5.74, 6) is -1.41. The minimum Gasteiger partial charge on any atom is -0.397 e. The van der Waals surface area contributed by atoms with Gasteiger partial charge in [0.05, 0.1) is 29.8 Å². The zero-order chi connectivity index (χ0) is 20.4. The van der Waals surface area contributed by atoms with Crippen molar-refractivity contribution in [1.29, 1.82) is 0 Å². The number of anilines is 1. The molecule has 0 atom stereocenters. The van der Waals surface area contributed by atoms with E-state index in [1.165, 1.54) is 28.9 Å². The van der Waals surface area contributed by atoms with Crippen molar-refractivity contribution in [3.05, 3.63) is 100 Å². The predicted molar refractivity (Wildman–Crippen MR) is 107 cm³/mol. The lowest BCUT2D eigenvalue weighted by atomic mass is 10.1. The Kier molecular flexibility index (Phi) is 4.87. The summed E-state index contributed by atoms with van der Waals surface area (Å²) in [5, 5.41) is 4.27. The molecule has 0 bridgehead atoms. The van der Waals surface area contributed by atoms with Crippen LogP contribution in [-0.4, -0.2) is 14.8 Å². The lowest BCUT2D eigenvalue weighted by Crippen LogP contribution is -2.22. The van der Waals surface area contributed by atoms with E-state index in [4.69, 9.17) is 5.73 Å². The summed E-state index contributed by atoms with van der Waals surface area (Å²) >= 11 is 0. The molecule has 0 amide bonds. The van der Waals surface area contributed by atoms with Crippen LogP contribution in [0.25, 0.3) is 22.5 Å². The van der Waals surface area contributed by atoms with Crippen LogP contribution < -0.4 is 11.3 Å². The van der Waals surface area contributed by atoms with Crippen molar-refractivity contribution in [2.45, 2.75) is 6.54 Å². The molecule has 0 aliphatic carbocycles. The van der Waals surface area contributed by atoms with Gasteiger partial charge in [-0.1, -0.05) is 18.2 Å². The molecule has 0 radical (unpaired) electrons. The number of benzene rings is 2. The van der Waals surface area contributed by atoms with Gasteiger partial charge in [0.2, 0.25) is 0 Å². The molecule has 2 aromatic heterocycles. The smallest absolute Gasteiger partial charge is 0.267 e. The Labute approximate surface area is 165 Å². The quantitative estimate of drug-likeness (QED) is 0.574. The normalized spacial score (nSPS) is 10.8. The van der Waals surface area contributed by atoms with E-state index in [9.17, 15) is 13.6 Å². The maximum absolute atomic E-state index is 13.5. The first-order chi connectivity index (χ1) is 14.0. The van der Waals surface area contributed by atoms with Gasteiger partial charge in [0.1, 0.15) is 11.6 Å². The number of pyridine rings is 1. The fourth-order valence-corrected chi connectivity index (χ4v) is 3.00. The minimum atomic E-state index is -0.705. The van der Waals surface area contributed by atoms with Gasteiger partial charge in [-0.3, -0.25) is 9.78 Å². The minimum absolute atomic E-state index is 0.202. The molecule has 0 saturated carbocycles. The van der Waals surface area contributed by atoms with Crippen molar-refractivity contribution < 1.29 is 8.78 Å². The molecule has 0 saturated heterocycles. The fraction of sp³-hybridized carbons (Fsp3) is 0.0455. The van der Waals surface area contributed by atoms with Crippen molar-refractivity contribution in [3.8, 4) is 22.5 Å². The third-order valence-corrected chi connectivity index (χ3v) is 4.37. The monoisotopic (exact) mass is 390 g/mol. The molecule has 2 heterocycles. The molecule has 0 spiro atoms. The molecular weight excluding hydrogens is 374 g/mol. The van der Waals surface area contributed by atoms with Crippen LogP contribution in [0.15, 0.2) is 77.7 Å². The Bertz CT molecular complexity index is 1220. The number of rotatable bonds is 4. The first-order valence-corrected chi connectivity index (χ1v) is 8.83. The van der Waals surface area contributed by atoms with Crippen molar-refractivity contribution in [2.24, 2.45) is 0 Å². The topological polar surface area (TPSA) is 73.8 Å². The maximum atomic E-state index is 13.5. The van der Waals surface area contributed by atoms with Gasteiger partial charge in [0.25, 0.3) is 5.56 Å². The van der Waals surface area contributed by atoms with Gasteiger partial charge < -0.3 is 5.73 Å². The van der Waals surface area contributed by atoms with E-state index in [2.05, 4.69) is 10.1 Å². The summed E-state index contributed by atoms with van der Waals surface area (Å²) in [6.07, 6.45) is 1.58. The number of nitrogens with zero attached hydrogens (tertiary/aromatic N) is 3. The highest BCUT2D eigenvalue weighted by Gasteiger charge is 2.08. The Balaban J connectivity index is 1.67. The summed E-state index contributed by atoms with van der Waals surface area (Å²) in [6, 6.07) is 17.0. The Morgan fingerprint density at radius 1 is 0.862 bits per heavy atom. The first-order valence-electron chi connectivity index (χ1n) is 8.83. The van der Waals surface area contributed by atoms with Crippen molar-refractivity contribution in [2.75, 3.05) is 5.73 Å². The molecule has 2 N–H and O–H groups in total.